The van der Waals surface area contributed by atoms with Crippen LogP contribution >= 0.6 is 0 Å². The maximum atomic E-state index is 11.8. The van der Waals surface area contributed by atoms with E-state index in [4.69, 9.17) is 14.6 Å². The van der Waals surface area contributed by atoms with Gasteiger partial charge in [-0.05, 0) is 26.7 Å². The summed E-state index contributed by atoms with van der Waals surface area (Å²) in [5.41, 5.74) is -1.95. The van der Waals surface area contributed by atoms with Gasteiger partial charge in [0.2, 0.25) is 0 Å². The van der Waals surface area contributed by atoms with E-state index in [1.165, 1.54) is 13.8 Å². The third kappa shape index (κ3) is 8.78. The summed E-state index contributed by atoms with van der Waals surface area (Å²) in [6, 6.07) is 0. The summed E-state index contributed by atoms with van der Waals surface area (Å²) < 4.78 is 9.47. The van der Waals surface area contributed by atoms with Crippen LogP contribution in [0.3, 0.4) is 0 Å². The molecule has 0 aromatic heterocycles. The van der Waals surface area contributed by atoms with E-state index in [1.807, 2.05) is 0 Å². The molecule has 158 valence electrons. The Labute approximate surface area is 162 Å². The van der Waals surface area contributed by atoms with Gasteiger partial charge in [0, 0.05) is 11.1 Å². The highest BCUT2D eigenvalue weighted by molar-refractivity contribution is 5.87. The highest BCUT2D eigenvalue weighted by atomic mass is 16.5. The summed E-state index contributed by atoms with van der Waals surface area (Å²) in [4.78, 5) is 45.7. The standard InChI is InChI=1S/C18H26O10/c1-10(2)15(23)27-8-12(19)5-18(17(25)26,7-14(21)22)6-13(20)9-28-16(24)11(3)4/h12-13,19-20H,1,3,5-9H2,2,4H3,(H,21,22)(H,25,26). The molecule has 0 bridgehead atoms. The Bertz CT molecular complexity index is 598. The van der Waals surface area contributed by atoms with Gasteiger partial charge < -0.3 is 29.9 Å². The Morgan fingerprint density at radius 1 is 0.857 bits per heavy atom. The molecular formula is C18H26O10. The van der Waals surface area contributed by atoms with Crippen LogP contribution in [0.1, 0.15) is 33.1 Å². The Hall–Kier alpha value is -2.72. The van der Waals surface area contributed by atoms with Crippen molar-refractivity contribution in [1.82, 2.24) is 0 Å². The van der Waals surface area contributed by atoms with Gasteiger partial charge in [-0.15, -0.1) is 0 Å². The molecule has 0 aliphatic heterocycles. The van der Waals surface area contributed by atoms with Crippen molar-refractivity contribution in [2.45, 2.75) is 45.3 Å². The van der Waals surface area contributed by atoms with Gasteiger partial charge >= 0.3 is 23.9 Å². The fourth-order valence-electron chi connectivity index (χ4n) is 2.38. The van der Waals surface area contributed by atoms with E-state index in [0.29, 0.717) is 0 Å². The van der Waals surface area contributed by atoms with Crippen molar-refractivity contribution >= 4 is 23.9 Å². The second-order valence-corrected chi connectivity index (χ2v) is 6.63. The van der Waals surface area contributed by atoms with Gasteiger partial charge in [0.15, 0.2) is 0 Å². The molecule has 0 saturated heterocycles. The van der Waals surface area contributed by atoms with Gasteiger partial charge in [0.05, 0.1) is 24.0 Å². The van der Waals surface area contributed by atoms with Crippen LogP contribution in [0.4, 0.5) is 0 Å². The minimum Gasteiger partial charge on any atom is -0.481 e. The van der Waals surface area contributed by atoms with E-state index in [9.17, 15) is 34.5 Å². The van der Waals surface area contributed by atoms with Gasteiger partial charge in [-0.2, -0.15) is 0 Å². The molecule has 0 saturated carbocycles. The second-order valence-electron chi connectivity index (χ2n) is 6.63. The van der Waals surface area contributed by atoms with Crippen LogP contribution in [0.5, 0.6) is 0 Å². The van der Waals surface area contributed by atoms with Crippen LogP contribution in [-0.2, 0) is 28.7 Å². The molecule has 0 aliphatic carbocycles. The molecule has 2 unspecified atom stereocenters. The summed E-state index contributed by atoms with van der Waals surface area (Å²) in [5.74, 6) is -4.65. The molecule has 0 rings (SSSR count). The Morgan fingerprint density at radius 3 is 1.46 bits per heavy atom. The SMILES string of the molecule is C=C(C)C(=O)OCC(O)CC(CC(=O)O)(CC(O)COC(=O)C(=C)C)C(=O)O. The van der Waals surface area contributed by atoms with Crippen molar-refractivity contribution in [1.29, 1.82) is 0 Å². The zero-order valence-corrected chi connectivity index (χ0v) is 15.8. The fraction of sp³-hybridized carbons (Fsp3) is 0.556. The van der Waals surface area contributed by atoms with E-state index in [-0.39, 0.29) is 11.1 Å². The van der Waals surface area contributed by atoms with Crippen molar-refractivity contribution in [3.05, 3.63) is 24.3 Å². The predicted octanol–water partition coefficient (Wildman–Crippen LogP) is 0.273. The van der Waals surface area contributed by atoms with Gasteiger partial charge in [0.1, 0.15) is 13.2 Å². The molecule has 0 aromatic carbocycles. The van der Waals surface area contributed by atoms with Crippen LogP contribution in [-0.4, -0.2) is 69.7 Å². The summed E-state index contributed by atoms with van der Waals surface area (Å²) in [5, 5.41) is 38.7. The van der Waals surface area contributed by atoms with Crippen molar-refractivity contribution in [2.75, 3.05) is 13.2 Å². The normalized spacial score (nSPS) is 14.9. The van der Waals surface area contributed by atoms with Crippen molar-refractivity contribution in [3.63, 3.8) is 0 Å². The van der Waals surface area contributed by atoms with Crippen LogP contribution in [0, 0.1) is 5.41 Å². The number of hydrogen-bond acceptors (Lipinski definition) is 8. The maximum Gasteiger partial charge on any atom is 0.333 e. The lowest BCUT2D eigenvalue weighted by molar-refractivity contribution is -0.163. The number of rotatable bonds is 13. The first-order valence-electron chi connectivity index (χ1n) is 8.27. The maximum absolute atomic E-state index is 11.8. The first kappa shape index (κ1) is 25.3. The van der Waals surface area contributed by atoms with E-state index in [1.54, 1.807) is 0 Å². The molecule has 0 radical (unpaired) electrons. The number of aliphatic hydroxyl groups excluding tert-OH is 2. The van der Waals surface area contributed by atoms with Gasteiger partial charge in [-0.1, -0.05) is 13.2 Å². The lowest BCUT2D eigenvalue weighted by Crippen LogP contribution is -2.42. The summed E-state index contributed by atoms with van der Waals surface area (Å²) in [6.45, 7) is 8.30. The number of aliphatic hydroxyl groups is 2. The fourth-order valence-corrected chi connectivity index (χ4v) is 2.38. The molecule has 0 spiro atoms. The van der Waals surface area contributed by atoms with Gasteiger partial charge in [-0.25, -0.2) is 9.59 Å². The van der Waals surface area contributed by atoms with Crippen molar-refractivity contribution in [3.8, 4) is 0 Å². The monoisotopic (exact) mass is 402 g/mol. The van der Waals surface area contributed by atoms with E-state index in [2.05, 4.69) is 13.2 Å². The topological polar surface area (TPSA) is 168 Å². The van der Waals surface area contributed by atoms with Crippen LogP contribution in [0.15, 0.2) is 24.3 Å². The molecule has 0 aliphatic rings. The number of carbonyl (C=O) groups excluding carboxylic acids is 2. The summed E-state index contributed by atoms with van der Waals surface area (Å²) >= 11 is 0. The highest BCUT2D eigenvalue weighted by Crippen LogP contribution is 2.35. The van der Waals surface area contributed by atoms with Crippen molar-refractivity contribution in [2.24, 2.45) is 5.41 Å². The number of carbonyl (C=O) groups is 4. The molecule has 10 nitrogen and oxygen atoms in total. The molecule has 4 N–H and O–H groups in total. The quantitative estimate of drug-likeness (QED) is 0.248. The molecule has 2 atom stereocenters. The average molecular weight is 402 g/mol. The van der Waals surface area contributed by atoms with Gasteiger partial charge in [0.25, 0.3) is 0 Å². The first-order chi connectivity index (χ1) is 12.8. The average Bonchev–Trinajstić information content (AvgIpc) is 2.56. The number of aliphatic carboxylic acids is 2. The third-order valence-corrected chi connectivity index (χ3v) is 3.71. The van der Waals surface area contributed by atoms with E-state index >= 15 is 0 Å². The van der Waals surface area contributed by atoms with Crippen LogP contribution < -0.4 is 0 Å². The van der Waals surface area contributed by atoms with Gasteiger partial charge in [-0.3, -0.25) is 9.59 Å². The second kappa shape index (κ2) is 11.2. The molecule has 0 aromatic rings. The van der Waals surface area contributed by atoms with E-state index < -0.39 is 74.0 Å². The first-order valence-corrected chi connectivity index (χ1v) is 8.27. The van der Waals surface area contributed by atoms with Crippen LogP contribution in [0.25, 0.3) is 0 Å². The number of carboxylic acid groups (broad SMARTS) is 2. The molecule has 0 amide bonds. The van der Waals surface area contributed by atoms with Crippen molar-refractivity contribution < 1.29 is 49.1 Å². The largest absolute Gasteiger partial charge is 0.481 e. The number of hydrogen-bond donors (Lipinski definition) is 4. The zero-order valence-electron chi connectivity index (χ0n) is 15.8. The Morgan fingerprint density at radius 2 is 1.21 bits per heavy atom. The predicted molar refractivity (Wildman–Crippen MR) is 95.1 cm³/mol. The molecule has 0 fully saturated rings. The summed E-state index contributed by atoms with van der Waals surface area (Å²) in [7, 11) is 0. The molecular weight excluding hydrogens is 376 g/mol. The van der Waals surface area contributed by atoms with E-state index in [0.717, 1.165) is 0 Å². The minimum absolute atomic E-state index is 0.0667. The smallest absolute Gasteiger partial charge is 0.333 e. The molecule has 10 heteroatoms. The lowest BCUT2D eigenvalue weighted by atomic mass is 9.75. The summed E-state index contributed by atoms with van der Waals surface area (Å²) in [6.07, 6.45) is -5.18. The third-order valence-electron chi connectivity index (χ3n) is 3.71. The number of ether oxygens (including phenoxy) is 2. The number of esters is 2. The van der Waals surface area contributed by atoms with Crippen LogP contribution in [0.2, 0.25) is 0 Å². The highest BCUT2D eigenvalue weighted by Gasteiger charge is 2.44. The lowest BCUT2D eigenvalue weighted by Gasteiger charge is -2.31. The zero-order chi connectivity index (χ0) is 22.1. The molecule has 28 heavy (non-hydrogen) atoms. The molecule has 0 heterocycles. The Balaban J connectivity index is 5.25. The Kier molecular flexibility index (Phi) is 10.1. The minimum atomic E-state index is -2.09. The number of carboxylic acids is 2.